The highest BCUT2D eigenvalue weighted by atomic mass is 16.4. The summed E-state index contributed by atoms with van der Waals surface area (Å²) >= 11 is 0. The van der Waals surface area contributed by atoms with Crippen LogP contribution in [0.5, 0.6) is 0 Å². The Kier molecular flexibility index (Phi) is 3.28. The van der Waals surface area contributed by atoms with Crippen LogP contribution in [0.2, 0.25) is 0 Å². The molecule has 0 saturated heterocycles. The van der Waals surface area contributed by atoms with Crippen LogP contribution in [0.3, 0.4) is 0 Å². The summed E-state index contributed by atoms with van der Waals surface area (Å²) in [4.78, 5) is 26.7. The van der Waals surface area contributed by atoms with E-state index in [-0.39, 0.29) is 12.2 Å². The van der Waals surface area contributed by atoms with Gasteiger partial charge in [-0.05, 0) is 6.07 Å². The van der Waals surface area contributed by atoms with E-state index in [2.05, 4.69) is 4.98 Å². The monoisotopic (exact) mass is 279 g/mol. The molecule has 0 fully saturated rings. The molecule has 4 heteroatoms. The maximum atomic E-state index is 12.6. The molecule has 0 spiro atoms. The van der Waals surface area contributed by atoms with Gasteiger partial charge in [-0.2, -0.15) is 0 Å². The Bertz CT molecular complexity index is 818. The maximum Gasteiger partial charge on any atom is 0.307 e. The van der Waals surface area contributed by atoms with E-state index in [1.807, 2.05) is 30.3 Å². The number of benzene rings is 2. The SMILES string of the molecule is O=C(O)Cc1c(C(=O)c2ccccc2)[nH]c2ccccc12. The zero-order valence-corrected chi connectivity index (χ0v) is 11.2. The third-order valence-corrected chi connectivity index (χ3v) is 3.40. The van der Waals surface area contributed by atoms with E-state index >= 15 is 0 Å². The van der Waals surface area contributed by atoms with Crippen molar-refractivity contribution in [3.05, 3.63) is 71.4 Å². The van der Waals surface area contributed by atoms with E-state index in [0.29, 0.717) is 16.8 Å². The molecule has 1 heterocycles. The molecule has 0 aliphatic heterocycles. The number of aromatic nitrogens is 1. The van der Waals surface area contributed by atoms with Gasteiger partial charge in [-0.25, -0.2) is 0 Å². The summed E-state index contributed by atoms with van der Waals surface area (Å²) in [6, 6.07) is 16.2. The molecule has 0 amide bonds. The van der Waals surface area contributed by atoms with Gasteiger partial charge in [0.2, 0.25) is 5.78 Å². The van der Waals surface area contributed by atoms with Crippen LogP contribution < -0.4 is 0 Å². The summed E-state index contributed by atoms with van der Waals surface area (Å²) in [6.07, 6.45) is -0.183. The van der Waals surface area contributed by atoms with Crippen molar-refractivity contribution < 1.29 is 14.7 Å². The molecule has 3 rings (SSSR count). The molecular weight excluding hydrogens is 266 g/mol. The second-order valence-corrected chi connectivity index (χ2v) is 4.79. The van der Waals surface area contributed by atoms with Gasteiger partial charge in [0.25, 0.3) is 0 Å². The highest BCUT2D eigenvalue weighted by Crippen LogP contribution is 2.25. The van der Waals surface area contributed by atoms with E-state index in [1.54, 1.807) is 24.3 Å². The fourth-order valence-corrected chi connectivity index (χ4v) is 2.46. The highest BCUT2D eigenvalue weighted by Gasteiger charge is 2.20. The Balaban J connectivity index is 2.17. The van der Waals surface area contributed by atoms with Crippen molar-refractivity contribution in [1.82, 2.24) is 4.98 Å². The molecule has 0 bridgehead atoms. The average molecular weight is 279 g/mol. The Labute approximate surface area is 121 Å². The summed E-state index contributed by atoms with van der Waals surface area (Å²) in [5.74, 6) is -1.15. The van der Waals surface area contributed by atoms with Gasteiger partial charge in [-0.15, -0.1) is 0 Å². The molecule has 0 aliphatic carbocycles. The molecule has 1 aromatic heterocycles. The minimum atomic E-state index is -0.957. The van der Waals surface area contributed by atoms with Crippen LogP contribution in [-0.4, -0.2) is 21.8 Å². The number of carboxylic acid groups (broad SMARTS) is 1. The molecule has 0 unspecified atom stereocenters. The smallest absolute Gasteiger partial charge is 0.307 e. The third kappa shape index (κ3) is 2.43. The van der Waals surface area contributed by atoms with Crippen LogP contribution in [0.15, 0.2) is 54.6 Å². The van der Waals surface area contributed by atoms with Gasteiger partial charge in [0.05, 0.1) is 12.1 Å². The number of nitrogens with one attached hydrogen (secondary N) is 1. The Morgan fingerprint density at radius 1 is 0.952 bits per heavy atom. The molecule has 2 aromatic carbocycles. The minimum absolute atomic E-state index is 0.183. The third-order valence-electron chi connectivity index (χ3n) is 3.40. The number of carbonyl (C=O) groups is 2. The minimum Gasteiger partial charge on any atom is -0.481 e. The van der Waals surface area contributed by atoms with Crippen molar-refractivity contribution in [3.8, 4) is 0 Å². The molecule has 0 radical (unpaired) electrons. The van der Waals surface area contributed by atoms with E-state index in [4.69, 9.17) is 5.11 Å². The number of hydrogen-bond donors (Lipinski definition) is 2. The summed E-state index contributed by atoms with van der Waals surface area (Å²) in [5.41, 5.74) is 2.19. The number of ketones is 1. The van der Waals surface area contributed by atoms with Gasteiger partial charge in [0.15, 0.2) is 0 Å². The molecule has 0 aliphatic rings. The zero-order valence-electron chi connectivity index (χ0n) is 11.2. The highest BCUT2D eigenvalue weighted by molar-refractivity contribution is 6.12. The lowest BCUT2D eigenvalue weighted by atomic mass is 10.0. The maximum absolute atomic E-state index is 12.6. The molecule has 2 N–H and O–H groups in total. The second-order valence-electron chi connectivity index (χ2n) is 4.79. The first-order valence-electron chi connectivity index (χ1n) is 6.58. The largest absolute Gasteiger partial charge is 0.481 e. The lowest BCUT2D eigenvalue weighted by Crippen LogP contribution is -2.08. The first-order valence-corrected chi connectivity index (χ1v) is 6.58. The first-order chi connectivity index (χ1) is 10.2. The van der Waals surface area contributed by atoms with Crippen LogP contribution in [0.4, 0.5) is 0 Å². The van der Waals surface area contributed by atoms with Gasteiger partial charge >= 0.3 is 5.97 Å². The number of carboxylic acids is 1. The number of rotatable bonds is 4. The summed E-state index contributed by atoms with van der Waals surface area (Å²) in [7, 11) is 0. The van der Waals surface area contributed by atoms with Crippen molar-refractivity contribution in [1.29, 1.82) is 0 Å². The van der Waals surface area contributed by atoms with E-state index < -0.39 is 5.97 Å². The Hall–Kier alpha value is -2.88. The fourth-order valence-electron chi connectivity index (χ4n) is 2.46. The number of aliphatic carboxylic acids is 1. The zero-order chi connectivity index (χ0) is 14.8. The molecule has 0 saturated carbocycles. The molecule has 21 heavy (non-hydrogen) atoms. The van der Waals surface area contributed by atoms with E-state index in [1.165, 1.54) is 0 Å². The van der Waals surface area contributed by atoms with E-state index in [9.17, 15) is 9.59 Å². The number of carbonyl (C=O) groups excluding carboxylic acids is 1. The van der Waals surface area contributed by atoms with Crippen LogP contribution in [0, 0.1) is 0 Å². The van der Waals surface area contributed by atoms with Crippen molar-refractivity contribution in [2.45, 2.75) is 6.42 Å². The quantitative estimate of drug-likeness (QED) is 0.721. The van der Waals surface area contributed by atoms with Crippen molar-refractivity contribution in [2.75, 3.05) is 0 Å². The van der Waals surface area contributed by atoms with Crippen molar-refractivity contribution in [3.63, 3.8) is 0 Å². The number of aromatic amines is 1. The van der Waals surface area contributed by atoms with Crippen LogP contribution in [0.25, 0.3) is 10.9 Å². The topological polar surface area (TPSA) is 70.2 Å². The predicted octanol–water partition coefficient (Wildman–Crippen LogP) is 3.03. The van der Waals surface area contributed by atoms with Gasteiger partial charge in [-0.1, -0.05) is 48.5 Å². The normalized spacial score (nSPS) is 10.7. The summed E-state index contributed by atoms with van der Waals surface area (Å²) in [6.45, 7) is 0. The molecular formula is C17H13NO3. The van der Waals surface area contributed by atoms with Gasteiger partial charge in [0.1, 0.15) is 0 Å². The molecule has 104 valence electrons. The van der Waals surface area contributed by atoms with Crippen molar-refractivity contribution >= 4 is 22.7 Å². The average Bonchev–Trinajstić information content (AvgIpc) is 2.86. The van der Waals surface area contributed by atoms with Gasteiger partial charge in [0, 0.05) is 22.0 Å². The number of H-pyrrole nitrogens is 1. The first kappa shape index (κ1) is 13.1. The van der Waals surface area contributed by atoms with Gasteiger partial charge in [-0.3, -0.25) is 9.59 Å². The van der Waals surface area contributed by atoms with Crippen molar-refractivity contribution in [2.24, 2.45) is 0 Å². The predicted molar refractivity (Wildman–Crippen MR) is 79.5 cm³/mol. The number of hydrogen-bond acceptors (Lipinski definition) is 2. The second kappa shape index (κ2) is 5.25. The van der Waals surface area contributed by atoms with Crippen LogP contribution in [0.1, 0.15) is 21.6 Å². The van der Waals surface area contributed by atoms with Gasteiger partial charge < -0.3 is 10.1 Å². The Morgan fingerprint density at radius 3 is 2.33 bits per heavy atom. The summed E-state index contributed by atoms with van der Waals surface area (Å²) < 4.78 is 0. The van der Waals surface area contributed by atoms with E-state index in [0.717, 1.165) is 10.9 Å². The molecule has 3 aromatic rings. The lowest BCUT2D eigenvalue weighted by molar-refractivity contribution is -0.136. The Morgan fingerprint density at radius 2 is 1.62 bits per heavy atom. The number of fused-ring (bicyclic) bond motifs is 1. The molecule has 4 nitrogen and oxygen atoms in total. The van der Waals surface area contributed by atoms with Crippen LogP contribution >= 0.6 is 0 Å². The number of para-hydroxylation sites is 1. The lowest BCUT2D eigenvalue weighted by Gasteiger charge is -2.02. The summed E-state index contributed by atoms with van der Waals surface area (Å²) in [5, 5.41) is 9.87. The fraction of sp³-hybridized carbons (Fsp3) is 0.0588. The van der Waals surface area contributed by atoms with Crippen LogP contribution in [-0.2, 0) is 11.2 Å². The standard InChI is InChI=1S/C17H13NO3/c19-15(20)10-13-12-8-4-5-9-14(12)18-16(13)17(21)11-6-2-1-3-7-11/h1-9,18H,10H2,(H,19,20). The molecule has 0 atom stereocenters.